The van der Waals surface area contributed by atoms with Gasteiger partial charge in [-0.25, -0.2) is 12.7 Å². The monoisotopic (exact) mass is 339 g/mol. The number of benzene rings is 1. The lowest BCUT2D eigenvalue weighted by Gasteiger charge is -2.47. The van der Waals surface area contributed by atoms with Crippen molar-refractivity contribution in [3.8, 4) is 0 Å². The molecule has 1 N–H and O–H groups in total. The zero-order valence-corrected chi connectivity index (χ0v) is 14.3. The van der Waals surface area contributed by atoms with Gasteiger partial charge >= 0.3 is 0 Å². The van der Waals surface area contributed by atoms with Crippen LogP contribution in [0.2, 0.25) is 0 Å². The van der Waals surface area contributed by atoms with E-state index >= 15 is 0 Å². The van der Waals surface area contributed by atoms with E-state index in [0.717, 1.165) is 12.5 Å². The number of sulfonamides is 1. The molecular formula is C15H21N3O2S2. The van der Waals surface area contributed by atoms with Gasteiger partial charge in [-0.15, -0.1) is 0 Å². The van der Waals surface area contributed by atoms with Gasteiger partial charge in [-0.1, -0.05) is 6.07 Å². The van der Waals surface area contributed by atoms with E-state index in [0.29, 0.717) is 11.7 Å². The van der Waals surface area contributed by atoms with Crippen LogP contribution in [0.5, 0.6) is 0 Å². The predicted octanol–water partition coefficient (Wildman–Crippen LogP) is 1.98. The molecule has 22 heavy (non-hydrogen) atoms. The van der Waals surface area contributed by atoms with Gasteiger partial charge in [-0.3, -0.25) is 4.72 Å². The van der Waals surface area contributed by atoms with Crippen LogP contribution in [-0.2, 0) is 16.6 Å². The number of hydrogen-bond donors (Lipinski definition) is 1. The molecule has 0 aliphatic carbocycles. The van der Waals surface area contributed by atoms with E-state index in [1.54, 1.807) is 11.9 Å². The highest BCUT2D eigenvalue weighted by Gasteiger charge is 2.39. The fourth-order valence-corrected chi connectivity index (χ4v) is 5.63. The van der Waals surface area contributed by atoms with Crippen molar-refractivity contribution in [2.45, 2.75) is 30.3 Å². The quantitative estimate of drug-likeness (QED) is 0.854. The SMILES string of the molecule is CS(=O)(=O)Nc1ccc2c(c1)SN([C@H]1CN3CCC1CC3)C2. The van der Waals surface area contributed by atoms with Crippen LogP contribution >= 0.6 is 11.9 Å². The lowest BCUT2D eigenvalue weighted by atomic mass is 9.84. The molecule has 0 unspecified atom stereocenters. The Kier molecular flexibility index (Phi) is 3.64. The summed E-state index contributed by atoms with van der Waals surface area (Å²) in [5, 5.41) is 0. The molecule has 7 heteroatoms. The second-order valence-electron chi connectivity index (χ2n) is 6.57. The van der Waals surface area contributed by atoms with Crippen molar-refractivity contribution in [1.82, 2.24) is 9.21 Å². The molecule has 4 heterocycles. The van der Waals surface area contributed by atoms with E-state index < -0.39 is 10.0 Å². The van der Waals surface area contributed by atoms with Gasteiger partial charge in [-0.05, 0) is 61.5 Å². The molecule has 0 saturated carbocycles. The fourth-order valence-electron chi connectivity index (χ4n) is 3.82. The zero-order chi connectivity index (χ0) is 15.3. The molecule has 120 valence electrons. The minimum absolute atomic E-state index is 0.631. The fraction of sp³-hybridized carbons (Fsp3) is 0.600. The number of rotatable bonds is 3. The molecule has 0 spiro atoms. The van der Waals surface area contributed by atoms with Crippen molar-refractivity contribution in [1.29, 1.82) is 0 Å². The summed E-state index contributed by atoms with van der Waals surface area (Å²) in [4.78, 5) is 3.76. The number of hydrogen-bond acceptors (Lipinski definition) is 5. The molecule has 1 aromatic rings. The van der Waals surface area contributed by atoms with Crippen LogP contribution in [-0.4, -0.2) is 49.6 Å². The van der Waals surface area contributed by atoms with E-state index in [2.05, 4.69) is 20.0 Å². The smallest absolute Gasteiger partial charge is 0.229 e. The summed E-state index contributed by atoms with van der Waals surface area (Å²) in [7, 11) is -3.22. The summed E-state index contributed by atoms with van der Waals surface area (Å²) in [6, 6.07) is 6.51. The van der Waals surface area contributed by atoms with Crippen LogP contribution in [0.25, 0.3) is 0 Å². The van der Waals surface area contributed by atoms with Crippen LogP contribution in [0.1, 0.15) is 18.4 Å². The molecular weight excluding hydrogens is 318 g/mol. The molecule has 3 fully saturated rings. The topological polar surface area (TPSA) is 52.7 Å². The molecule has 0 aromatic heterocycles. The first-order valence-electron chi connectivity index (χ1n) is 7.76. The molecule has 4 aliphatic heterocycles. The lowest BCUT2D eigenvalue weighted by Crippen LogP contribution is -2.54. The average molecular weight is 339 g/mol. The van der Waals surface area contributed by atoms with Crippen molar-refractivity contribution in [3.05, 3.63) is 23.8 Å². The van der Waals surface area contributed by atoms with Crippen LogP contribution in [0.15, 0.2) is 23.1 Å². The summed E-state index contributed by atoms with van der Waals surface area (Å²) in [6.07, 6.45) is 3.82. The van der Waals surface area contributed by atoms with Gasteiger partial charge in [0, 0.05) is 29.7 Å². The summed E-state index contributed by atoms with van der Waals surface area (Å²) in [5.41, 5.74) is 1.96. The number of anilines is 1. The summed E-state index contributed by atoms with van der Waals surface area (Å²) < 4.78 is 27.8. The van der Waals surface area contributed by atoms with Crippen molar-refractivity contribution in [2.24, 2.45) is 5.92 Å². The van der Waals surface area contributed by atoms with Crippen molar-refractivity contribution in [2.75, 3.05) is 30.6 Å². The molecule has 1 aromatic carbocycles. The molecule has 2 bridgehead atoms. The Morgan fingerprint density at radius 1 is 1.27 bits per heavy atom. The third kappa shape index (κ3) is 2.87. The summed E-state index contributed by atoms with van der Waals surface area (Å²) in [5.74, 6) is 0.820. The van der Waals surface area contributed by atoms with E-state index in [1.807, 2.05) is 12.1 Å². The van der Waals surface area contributed by atoms with Gasteiger partial charge in [0.15, 0.2) is 0 Å². The first-order chi connectivity index (χ1) is 10.5. The molecule has 3 saturated heterocycles. The molecule has 0 radical (unpaired) electrons. The maximum Gasteiger partial charge on any atom is 0.229 e. The minimum atomic E-state index is -3.22. The third-order valence-electron chi connectivity index (χ3n) is 4.90. The zero-order valence-electron chi connectivity index (χ0n) is 12.7. The predicted molar refractivity (Wildman–Crippen MR) is 89.3 cm³/mol. The Morgan fingerprint density at radius 2 is 2.05 bits per heavy atom. The van der Waals surface area contributed by atoms with Gasteiger partial charge in [0.25, 0.3) is 0 Å². The minimum Gasteiger partial charge on any atom is -0.302 e. The first kappa shape index (κ1) is 14.8. The molecule has 1 atom stereocenters. The average Bonchev–Trinajstić information content (AvgIpc) is 2.90. The van der Waals surface area contributed by atoms with E-state index in [9.17, 15) is 8.42 Å². The third-order valence-corrected chi connectivity index (χ3v) is 6.72. The second kappa shape index (κ2) is 5.40. The van der Waals surface area contributed by atoms with Crippen molar-refractivity contribution >= 4 is 27.7 Å². The largest absolute Gasteiger partial charge is 0.302 e. The number of fused-ring (bicyclic) bond motifs is 4. The van der Waals surface area contributed by atoms with Crippen LogP contribution < -0.4 is 4.72 Å². The number of nitrogens with zero attached hydrogens (tertiary/aromatic N) is 2. The van der Waals surface area contributed by atoms with Crippen molar-refractivity contribution < 1.29 is 8.42 Å². The van der Waals surface area contributed by atoms with Gasteiger partial charge in [0.1, 0.15) is 0 Å². The number of nitrogens with one attached hydrogen (secondary N) is 1. The standard InChI is InChI=1S/C15H21N3O2S2/c1-22(19,20)16-13-3-2-12-9-18(21-15(12)8-13)14-10-17-6-4-11(14)5-7-17/h2-3,8,11,14,16H,4-7,9-10H2,1H3/t14-/m0/s1. The lowest BCUT2D eigenvalue weighted by molar-refractivity contribution is 0.0420. The van der Waals surface area contributed by atoms with E-state index in [4.69, 9.17) is 0 Å². The molecule has 4 aliphatic rings. The van der Waals surface area contributed by atoms with Gasteiger partial charge in [-0.2, -0.15) is 0 Å². The highest BCUT2D eigenvalue weighted by molar-refractivity contribution is 7.97. The van der Waals surface area contributed by atoms with Gasteiger partial charge in [0.2, 0.25) is 10.0 Å². The summed E-state index contributed by atoms with van der Waals surface area (Å²) in [6.45, 7) is 4.67. The summed E-state index contributed by atoms with van der Waals surface area (Å²) >= 11 is 1.79. The molecule has 0 amide bonds. The Hall–Kier alpha value is -0.760. The van der Waals surface area contributed by atoms with Crippen LogP contribution in [0.4, 0.5) is 5.69 Å². The maximum atomic E-state index is 11.4. The normalized spacial score (nSPS) is 31.2. The number of piperidine rings is 3. The molecule has 5 nitrogen and oxygen atoms in total. The first-order valence-corrected chi connectivity index (χ1v) is 10.4. The Labute approximate surface area is 136 Å². The van der Waals surface area contributed by atoms with Gasteiger partial charge in [0.05, 0.1) is 6.26 Å². The highest BCUT2D eigenvalue weighted by atomic mass is 32.2. The molecule has 5 rings (SSSR count). The highest BCUT2D eigenvalue weighted by Crippen LogP contribution is 2.43. The van der Waals surface area contributed by atoms with E-state index in [-0.39, 0.29) is 0 Å². The maximum absolute atomic E-state index is 11.4. The Morgan fingerprint density at radius 3 is 2.68 bits per heavy atom. The van der Waals surface area contributed by atoms with Crippen LogP contribution in [0, 0.1) is 5.92 Å². The van der Waals surface area contributed by atoms with Crippen molar-refractivity contribution in [3.63, 3.8) is 0 Å². The Balaban J connectivity index is 1.51. The van der Waals surface area contributed by atoms with E-state index in [1.165, 1.54) is 49.2 Å². The second-order valence-corrected chi connectivity index (χ2v) is 9.41. The van der Waals surface area contributed by atoms with Crippen LogP contribution in [0.3, 0.4) is 0 Å². The van der Waals surface area contributed by atoms with Gasteiger partial charge < -0.3 is 4.90 Å². The Bertz CT molecular complexity index is 684.